The number of likely N-dealkylation sites (tertiary alicyclic amines) is 2. The van der Waals surface area contributed by atoms with Gasteiger partial charge in [0.25, 0.3) is 0 Å². The van der Waals surface area contributed by atoms with E-state index in [0.29, 0.717) is 6.54 Å². The minimum absolute atomic E-state index is 0.0688. The third kappa shape index (κ3) is 4.51. The molecule has 0 unspecified atom stereocenters. The highest BCUT2D eigenvalue weighted by molar-refractivity contribution is 5.81. The Hall–Kier alpha value is -2.08. The predicted octanol–water partition coefficient (Wildman–Crippen LogP) is 1.76. The molecule has 25 heavy (non-hydrogen) atoms. The number of hydrogen-bond donors (Lipinski definition) is 2. The number of rotatable bonds is 4. The van der Waals surface area contributed by atoms with Crippen molar-refractivity contribution in [2.45, 2.75) is 31.8 Å². The van der Waals surface area contributed by atoms with Crippen LogP contribution in [0.2, 0.25) is 0 Å². The lowest BCUT2D eigenvalue weighted by Gasteiger charge is -2.34. The van der Waals surface area contributed by atoms with Gasteiger partial charge < -0.3 is 20.2 Å². The zero-order chi connectivity index (χ0) is 17.6. The third-order valence-corrected chi connectivity index (χ3v) is 5.09. The first-order chi connectivity index (χ1) is 12.1. The number of amides is 3. The molecule has 3 amide bonds. The van der Waals surface area contributed by atoms with Crippen molar-refractivity contribution in [3.8, 4) is 0 Å². The van der Waals surface area contributed by atoms with Gasteiger partial charge in [0.15, 0.2) is 0 Å². The van der Waals surface area contributed by atoms with Crippen molar-refractivity contribution in [1.29, 1.82) is 0 Å². The molecule has 0 bridgehead atoms. The minimum Gasteiger partial charge on any atom is -0.387 e. The Morgan fingerprint density at radius 3 is 2.48 bits per heavy atom. The largest absolute Gasteiger partial charge is 0.387 e. The van der Waals surface area contributed by atoms with Gasteiger partial charge in [-0.3, -0.25) is 4.79 Å². The van der Waals surface area contributed by atoms with Gasteiger partial charge in [0.05, 0.1) is 12.0 Å². The van der Waals surface area contributed by atoms with Crippen LogP contribution in [-0.4, -0.2) is 59.6 Å². The van der Waals surface area contributed by atoms with Crippen LogP contribution >= 0.6 is 0 Å². The number of nitrogens with one attached hydrogen (secondary N) is 1. The van der Waals surface area contributed by atoms with Gasteiger partial charge in [0, 0.05) is 32.7 Å². The topological polar surface area (TPSA) is 72.9 Å². The summed E-state index contributed by atoms with van der Waals surface area (Å²) in [6.45, 7) is 3.05. The molecular weight excluding hydrogens is 318 g/mol. The van der Waals surface area contributed by atoms with E-state index in [1.165, 1.54) is 0 Å². The zero-order valence-electron chi connectivity index (χ0n) is 14.6. The number of benzene rings is 1. The second kappa shape index (κ2) is 8.34. The number of carbonyl (C=O) groups is 2. The molecule has 2 saturated heterocycles. The molecule has 0 radical (unpaired) electrons. The molecule has 0 aliphatic carbocycles. The van der Waals surface area contributed by atoms with E-state index < -0.39 is 6.10 Å². The lowest BCUT2D eigenvalue weighted by molar-refractivity contribution is -0.126. The van der Waals surface area contributed by atoms with Crippen LogP contribution in [0.15, 0.2) is 30.3 Å². The molecule has 2 N–H and O–H groups in total. The van der Waals surface area contributed by atoms with E-state index in [1.807, 2.05) is 40.1 Å². The van der Waals surface area contributed by atoms with E-state index in [2.05, 4.69) is 5.32 Å². The maximum absolute atomic E-state index is 12.5. The molecule has 0 spiro atoms. The van der Waals surface area contributed by atoms with Crippen LogP contribution in [0.25, 0.3) is 0 Å². The number of aliphatic hydroxyl groups excluding tert-OH is 1. The summed E-state index contributed by atoms with van der Waals surface area (Å²) in [7, 11) is 0. The molecular formula is C19H27N3O3. The second-order valence-corrected chi connectivity index (χ2v) is 6.93. The Morgan fingerprint density at radius 1 is 1.08 bits per heavy atom. The normalized spacial score (nSPS) is 21.9. The molecule has 2 heterocycles. The SMILES string of the molecule is O=C(NC[C@@H](O)c1ccccc1)[C@H]1CCCN(C(=O)N2CCCC2)C1. The highest BCUT2D eigenvalue weighted by atomic mass is 16.3. The Labute approximate surface area is 148 Å². The van der Waals surface area contributed by atoms with Crippen molar-refractivity contribution in [2.75, 3.05) is 32.7 Å². The van der Waals surface area contributed by atoms with Gasteiger partial charge >= 0.3 is 6.03 Å². The highest BCUT2D eigenvalue weighted by Gasteiger charge is 2.31. The first kappa shape index (κ1) is 17.7. The molecule has 136 valence electrons. The van der Waals surface area contributed by atoms with Gasteiger partial charge in [-0.2, -0.15) is 0 Å². The number of piperidine rings is 1. The van der Waals surface area contributed by atoms with Crippen molar-refractivity contribution < 1.29 is 14.7 Å². The van der Waals surface area contributed by atoms with E-state index in [0.717, 1.165) is 50.9 Å². The van der Waals surface area contributed by atoms with Crippen molar-refractivity contribution >= 4 is 11.9 Å². The van der Waals surface area contributed by atoms with E-state index >= 15 is 0 Å². The summed E-state index contributed by atoms with van der Waals surface area (Å²) in [4.78, 5) is 28.6. The molecule has 0 aromatic heterocycles. The van der Waals surface area contributed by atoms with Crippen molar-refractivity contribution in [3.05, 3.63) is 35.9 Å². The van der Waals surface area contributed by atoms with E-state index in [4.69, 9.17) is 0 Å². The van der Waals surface area contributed by atoms with E-state index in [9.17, 15) is 14.7 Å². The van der Waals surface area contributed by atoms with Crippen LogP contribution in [0.4, 0.5) is 4.79 Å². The maximum atomic E-state index is 12.5. The third-order valence-electron chi connectivity index (χ3n) is 5.09. The fourth-order valence-corrected chi connectivity index (χ4v) is 3.61. The molecule has 2 aliphatic rings. The Morgan fingerprint density at radius 2 is 1.76 bits per heavy atom. The van der Waals surface area contributed by atoms with Crippen LogP contribution in [-0.2, 0) is 4.79 Å². The lowest BCUT2D eigenvalue weighted by Crippen LogP contribution is -2.49. The smallest absolute Gasteiger partial charge is 0.320 e. The van der Waals surface area contributed by atoms with Crippen molar-refractivity contribution in [3.63, 3.8) is 0 Å². The molecule has 2 aliphatic heterocycles. The average Bonchev–Trinajstić information content (AvgIpc) is 3.20. The molecule has 2 fully saturated rings. The molecule has 1 aromatic rings. The predicted molar refractivity (Wildman–Crippen MR) is 94.9 cm³/mol. The molecule has 2 atom stereocenters. The summed E-state index contributed by atoms with van der Waals surface area (Å²) in [5.41, 5.74) is 0.789. The van der Waals surface area contributed by atoms with Crippen LogP contribution in [0.5, 0.6) is 0 Å². The van der Waals surface area contributed by atoms with E-state index in [1.54, 1.807) is 0 Å². The zero-order valence-corrected chi connectivity index (χ0v) is 14.6. The summed E-state index contributed by atoms with van der Waals surface area (Å²) in [5.74, 6) is -0.267. The van der Waals surface area contributed by atoms with E-state index in [-0.39, 0.29) is 24.4 Å². The van der Waals surface area contributed by atoms with Crippen molar-refractivity contribution in [2.24, 2.45) is 5.92 Å². The lowest BCUT2D eigenvalue weighted by atomic mass is 9.97. The summed E-state index contributed by atoms with van der Waals surface area (Å²) in [5, 5.41) is 13.0. The maximum Gasteiger partial charge on any atom is 0.320 e. The van der Waals surface area contributed by atoms with Gasteiger partial charge in [0.1, 0.15) is 0 Å². The number of nitrogens with zero attached hydrogens (tertiary/aromatic N) is 2. The Bertz CT molecular complexity index is 587. The second-order valence-electron chi connectivity index (χ2n) is 6.93. The van der Waals surface area contributed by atoms with Gasteiger partial charge in [-0.05, 0) is 31.2 Å². The molecule has 3 rings (SSSR count). The summed E-state index contributed by atoms with van der Waals surface area (Å²) >= 11 is 0. The Kier molecular flexibility index (Phi) is 5.91. The monoisotopic (exact) mass is 345 g/mol. The number of carbonyl (C=O) groups excluding carboxylic acids is 2. The summed E-state index contributed by atoms with van der Waals surface area (Å²) in [6, 6.07) is 9.37. The highest BCUT2D eigenvalue weighted by Crippen LogP contribution is 2.20. The minimum atomic E-state index is -0.712. The fraction of sp³-hybridized carbons (Fsp3) is 0.579. The van der Waals surface area contributed by atoms with Crippen LogP contribution in [0.1, 0.15) is 37.4 Å². The number of hydrogen-bond acceptors (Lipinski definition) is 3. The van der Waals surface area contributed by atoms with Crippen LogP contribution in [0, 0.1) is 5.92 Å². The quantitative estimate of drug-likeness (QED) is 0.873. The number of urea groups is 1. The first-order valence-electron chi connectivity index (χ1n) is 9.19. The molecule has 1 aromatic carbocycles. The first-order valence-corrected chi connectivity index (χ1v) is 9.19. The summed E-state index contributed by atoms with van der Waals surface area (Å²) in [6.07, 6.45) is 3.06. The van der Waals surface area contributed by atoms with Gasteiger partial charge in [0.2, 0.25) is 5.91 Å². The fourth-order valence-electron chi connectivity index (χ4n) is 3.61. The average molecular weight is 345 g/mol. The standard InChI is InChI=1S/C19H27N3O3/c23-17(15-7-2-1-3-8-15)13-20-18(24)16-9-6-12-22(14-16)19(25)21-10-4-5-11-21/h1-3,7-8,16-17,23H,4-6,9-14H2,(H,20,24)/t16-,17+/m0/s1. The molecule has 6 nitrogen and oxygen atoms in total. The molecule has 0 saturated carbocycles. The summed E-state index contributed by atoms with van der Waals surface area (Å²) < 4.78 is 0. The van der Waals surface area contributed by atoms with Crippen LogP contribution < -0.4 is 5.32 Å². The Balaban J connectivity index is 1.49. The van der Waals surface area contributed by atoms with Gasteiger partial charge in [-0.15, -0.1) is 0 Å². The molecule has 6 heteroatoms. The van der Waals surface area contributed by atoms with Crippen molar-refractivity contribution in [1.82, 2.24) is 15.1 Å². The van der Waals surface area contributed by atoms with Crippen LogP contribution in [0.3, 0.4) is 0 Å². The van der Waals surface area contributed by atoms with Gasteiger partial charge in [-0.25, -0.2) is 4.79 Å². The van der Waals surface area contributed by atoms with Gasteiger partial charge in [-0.1, -0.05) is 30.3 Å². The number of aliphatic hydroxyl groups is 1.